The molecule has 0 saturated heterocycles. The Kier molecular flexibility index (Phi) is 6.54. The molecule has 1 nitrogen and oxygen atoms in total. The van der Waals surface area contributed by atoms with Crippen molar-refractivity contribution in [3.63, 3.8) is 0 Å². The third kappa shape index (κ3) is 4.57. The van der Waals surface area contributed by atoms with Crippen LogP contribution in [0.25, 0.3) is 22.5 Å². The normalized spacial score (nSPS) is 10.8. The van der Waals surface area contributed by atoms with Crippen molar-refractivity contribution in [3.05, 3.63) is 78.1 Å². The molecule has 0 aliphatic rings. The molecule has 0 N–H and O–H groups in total. The van der Waals surface area contributed by atoms with Crippen molar-refractivity contribution >= 4 is 0 Å². The van der Waals surface area contributed by atoms with Crippen LogP contribution < -0.4 is 0 Å². The molecule has 3 aromatic rings. The highest BCUT2D eigenvalue weighted by Crippen LogP contribution is 2.29. The lowest BCUT2D eigenvalue weighted by Crippen LogP contribution is -2.01. The van der Waals surface area contributed by atoms with E-state index in [4.69, 9.17) is 4.98 Å². The second-order valence-corrected chi connectivity index (χ2v) is 6.71. The summed E-state index contributed by atoms with van der Waals surface area (Å²) < 4.78 is 15.0. The SMILES string of the molecule is CCCCCCCc1c(F)cc(-c2ccccc2)nc1-c1ccccc1. The van der Waals surface area contributed by atoms with Crippen molar-refractivity contribution in [1.82, 2.24) is 4.98 Å². The van der Waals surface area contributed by atoms with Gasteiger partial charge in [0.1, 0.15) is 5.82 Å². The van der Waals surface area contributed by atoms with Gasteiger partial charge in [0.2, 0.25) is 0 Å². The van der Waals surface area contributed by atoms with Gasteiger partial charge in [-0.3, -0.25) is 0 Å². The standard InChI is InChI=1S/C24H26FN/c1-2-3-4-5-12-17-21-22(25)18-23(19-13-8-6-9-14-19)26-24(21)20-15-10-7-11-16-20/h6-11,13-16,18H,2-5,12,17H2,1H3. The van der Waals surface area contributed by atoms with E-state index in [1.165, 1.54) is 19.3 Å². The minimum atomic E-state index is -0.145. The number of rotatable bonds is 8. The van der Waals surface area contributed by atoms with Crippen LogP contribution in [0.5, 0.6) is 0 Å². The maximum absolute atomic E-state index is 15.0. The zero-order chi connectivity index (χ0) is 18.2. The molecule has 3 rings (SSSR count). The highest BCUT2D eigenvalue weighted by molar-refractivity contribution is 5.69. The molecule has 0 spiro atoms. The lowest BCUT2D eigenvalue weighted by Gasteiger charge is -2.13. The van der Waals surface area contributed by atoms with Crippen LogP contribution in [0.15, 0.2) is 66.7 Å². The summed E-state index contributed by atoms with van der Waals surface area (Å²) in [6.07, 6.45) is 6.57. The number of benzene rings is 2. The Bertz CT molecular complexity index is 812. The van der Waals surface area contributed by atoms with Crippen LogP contribution in [0.2, 0.25) is 0 Å². The summed E-state index contributed by atoms with van der Waals surface area (Å²) in [5.41, 5.74) is 4.13. The molecular formula is C24H26FN. The maximum atomic E-state index is 15.0. The minimum absolute atomic E-state index is 0.145. The van der Waals surface area contributed by atoms with Crippen LogP contribution >= 0.6 is 0 Å². The Balaban J connectivity index is 1.95. The predicted molar refractivity (Wildman–Crippen MR) is 108 cm³/mol. The van der Waals surface area contributed by atoms with Gasteiger partial charge in [0.05, 0.1) is 11.4 Å². The van der Waals surface area contributed by atoms with E-state index in [1.54, 1.807) is 6.07 Å². The quantitative estimate of drug-likeness (QED) is 0.397. The molecule has 0 atom stereocenters. The Morgan fingerprint density at radius 2 is 1.38 bits per heavy atom. The molecule has 0 aliphatic heterocycles. The molecule has 0 amide bonds. The highest BCUT2D eigenvalue weighted by Gasteiger charge is 2.15. The molecule has 0 fully saturated rings. The number of halogens is 1. The highest BCUT2D eigenvalue weighted by atomic mass is 19.1. The first-order valence-electron chi connectivity index (χ1n) is 9.60. The van der Waals surface area contributed by atoms with Crippen molar-refractivity contribution in [3.8, 4) is 22.5 Å². The van der Waals surface area contributed by atoms with Crippen LogP contribution in [0.4, 0.5) is 4.39 Å². The largest absolute Gasteiger partial charge is 0.247 e. The van der Waals surface area contributed by atoms with Crippen molar-refractivity contribution < 1.29 is 4.39 Å². The second kappa shape index (κ2) is 9.28. The van der Waals surface area contributed by atoms with Crippen molar-refractivity contribution in [2.75, 3.05) is 0 Å². The molecule has 0 radical (unpaired) electrons. The van der Waals surface area contributed by atoms with E-state index >= 15 is 4.39 Å². The molecular weight excluding hydrogens is 321 g/mol. The lowest BCUT2D eigenvalue weighted by molar-refractivity contribution is 0.587. The number of pyridine rings is 1. The first-order chi connectivity index (χ1) is 12.8. The number of hydrogen-bond donors (Lipinski definition) is 0. The van der Waals surface area contributed by atoms with Gasteiger partial charge in [-0.2, -0.15) is 0 Å². The van der Waals surface area contributed by atoms with E-state index < -0.39 is 0 Å². The molecule has 2 aromatic carbocycles. The molecule has 1 aromatic heterocycles. The maximum Gasteiger partial charge on any atom is 0.130 e. The van der Waals surface area contributed by atoms with Crippen LogP contribution in [0.1, 0.15) is 44.6 Å². The number of nitrogens with zero attached hydrogens (tertiary/aromatic N) is 1. The number of hydrogen-bond acceptors (Lipinski definition) is 1. The van der Waals surface area contributed by atoms with Gasteiger partial charge in [-0.25, -0.2) is 9.37 Å². The fourth-order valence-electron chi connectivity index (χ4n) is 3.28. The van der Waals surface area contributed by atoms with Crippen LogP contribution in [-0.4, -0.2) is 4.98 Å². The molecule has 134 valence electrons. The predicted octanol–water partition coefficient (Wildman–Crippen LogP) is 7.07. The summed E-state index contributed by atoms with van der Waals surface area (Å²) >= 11 is 0. The summed E-state index contributed by atoms with van der Waals surface area (Å²) in [5, 5.41) is 0. The molecule has 2 heteroatoms. The average Bonchev–Trinajstić information content (AvgIpc) is 2.70. The first-order valence-corrected chi connectivity index (χ1v) is 9.60. The third-order valence-corrected chi connectivity index (χ3v) is 4.72. The summed E-state index contributed by atoms with van der Waals surface area (Å²) in [7, 11) is 0. The Morgan fingerprint density at radius 3 is 2.04 bits per heavy atom. The molecule has 0 bridgehead atoms. The smallest absolute Gasteiger partial charge is 0.130 e. The molecule has 0 unspecified atom stereocenters. The third-order valence-electron chi connectivity index (χ3n) is 4.72. The first kappa shape index (κ1) is 18.3. The van der Waals surface area contributed by atoms with E-state index in [0.717, 1.165) is 41.6 Å². The summed E-state index contributed by atoms with van der Waals surface area (Å²) in [5.74, 6) is -0.145. The summed E-state index contributed by atoms with van der Waals surface area (Å²) in [4.78, 5) is 4.85. The zero-order valence-corrected chi connectivity index (χ0v) is 15.4. The van der Waals surface area contributed by atoms with E-state index in [0.29, 0.717) is 5.69 Å². The van der Waals surface area contributed by atoms with Crippen molar-refractivity contribution in [1.29, 1.82) is 0 Å². The lowest BCUT2D eigenvalue weighted by atomic mass is 9.98. The van der Waals surface area contributed by atoms with Gasteiger partial charge in [-0.1, -0.05) is 93.3 Å². The van der Waals surface area contributed by atoms with Crippen LogP contribution in [0, 0.1) is 5.82 Å². The topological polar surface area (TPSA) is 12.9 Å². The van der Waals surface area contributed by atoms with E-state index in [-0.39, 0.29) is 5.82 Å². The van der Waals surface area contributed by atoms with Gasteiger partial charge < -0.3 is 0 Å². The van der Waals surface area contributed by atoms with Crippen LogP contribution in [-0.2, 0) is 6.42 Å². The van der Waals surface area contributed by atoms with E-state index in [2.05, 4.69) is 6.92 Å². The molecule has 1 heterocycles. The number of aromatic nitrogens is 1. The fourth-order valence-corrected chi connectivity index (χ4v) is 3.28. The minimum Gasteiger partial charge on any atom is -0.247 e. The van der Waals surface area contributed by atoms with Gasteiger partial charge in [0, 0.05) is 22.8 Å². The number of unbranched alkanes of at least 4 members (excludes halogenated alkanes) is 4. The Labute approximate surface area is 155 Å². The molecule has 0 saturated carbocycles. The van der Waals surface area contributed by atoms with E-state index in [1.807, 2.05) is 60.7 Å². The van der Waals surface area contributed by atoms with Gasteiger partial charge in [0.25, 0.3) is 0 Å². The Hall–Kier alpha value is -2.48. The van der Waals surface area contributed by atoms with Gasteiger partial charge in [0.15, 0.2) is 0 Å². The summed E-state index contributed by atoms with van der Waals surface area (Å²) in [6.45, 7) is 2.21. The van der Waals surface area contributed by atoms with Gasteiger partial charge in [-0.15, -0.1) is 0 Å². The van der Waals surface area contributed by atoms with Crippen molar-refractivity contribution in [2.45, 2.75) is 45.4 Å². The van der Waals surface area contributed by atoms with E-state index in [9.17, 15) is 0 Å². The average molecular weight is 347 g/mol. The zero-order valence-electron chi connectivity index (χ0n) is 15.4. The van der Waals surface area contributed by atoms with Gasteiger partial charge in [-0.05, 0) is 12.8 Å². The van der Waals surface area contributed by atoms with Gasteiger partial charge >= 0.3 is 0 Å². The molecule has 0 aliphatic carbocycles. The summed E-state index contributed by atoms with van der Waals surface area (Å²) in [6, 6.07) is 21.4. The molecule has 26 heavy (non-hydrogen) atoms. The Morgan fingerprint density at radius 1 is 0.769 bits per heavy atom. The van der Waals surface area contributed by atoms with Crippen LogP contribution in [0.3, 0.4) is 0 Å². The fraction of sp³-hybridized carbons (Fsp3) is 0.292. The van der Waals surface area contributed by atoms with Crippen molar-refractivity contribution in [2.24, 2.45) is 0 Å². The monoisotopic (exact) mass is 347 g/mol. The second-order valence-electron chi connectivity index (χ2n) is 6.71.